The highest BCUT2D eigenvalue weighted by molar-refractivity contribution is 14.1. The van der Waals surface area contributed by atoms with Crippen molar-refractivity contribution in [2.45, 2.75) is 19.1 Å². The Morgan fingerprint density at radius 3 is 2.62 bits per heavy atom. The highest BCUT2D eigenvalue weighted by Crippen LogP contribution is 2.26. The standard InChI is InChI=1S/C12H18INO2/c1-9(16-8-14-2)12(15-3)10-6-4-5-7-11(10)13/h4-7,9,12,14H,8H2,1-3H3/t9-,12+/m0/s1. The molecule has 0 aliphatic carbocycles. The Balaban J connectivity index is 2.77. The van der Waals surface area contributed by atoms with Gasteiger partial charge in [0, 0.05) is 10.7 Å². The highest BCUT2D eigenvalue weighted by atomic mass is 127. The molecular weight excluding hydrogens is 317 g/mol. The molecule has 0 fully saturated rings. The molecule has 0 heterocycles. The van der Waals surface area contributed by atoms with Crippen LogP contribution in [-0.2, 0) is 9.47 Å². The number of nitrogens with one attached hydrogen (secondary N) is 1. The zero-order valence-corrected chi connectivity index (χ0v) is 12.0. The summed E-state index contributed by atoms with van der Waals surface area (Å²) < 4.78 is 12.3. The first-order chi connectivity index (χ1) is 7.70. The van der Waals surface area contributed by atoms with Crippen LogP contribution in [0.5, 0.6) is 0 Å². The molecule has 16 heavy (non-hydrogen) atoms. The lowest BCUT2D eigenvalue weighted by atomic mass is 10.1. The van der Waals surface area contributed by atoms with Gasteiger partial charge < -0.3 is 9.47 Å². The zero-order valence-electron chi connectivity index (χ0n) is 9.87. The van der Waals surface area contributed by atoms with Gasteiger partial charge in [-0.3, -0.25) is 5.32 Å². The second kappa shape index (κ2) is 7.21. The number of methoxy groups -OCH3 is 1. The molecule has 1 rings (SSSR count). The molecule has 0 amide bonds. The van der Waals surface area contributed by atoms with Crippen LogP contribution in [-0.4, -0.2) is 27.0 Å². The van der Waals surface area contributed by atoms with Gasteiger partial charge in [0.25, 0.3) is 0 Å². The molecule has 0 aliphatic rings. The van der Waals surface area contributed by atoms with Crippen molar-refractivity contribution in [3.8, 4) is 0 Å². The minimum absolute atomic E-state index is 0.0216. The Bertz CT molecular complexity index is 320. The molecule has 0 radical (unpaired) electrons. The molecule has 0 saturated heterocycles. The highest BCUT2D eigenvalue weighted by Gasteiger charge is 2.21. The van der Waals surface area contributed by atoms with E-state index < -0.39 is 0 Å². The van der Waals surface area contributed by atoms with Crippen molar-refractivity contribution in [3.63, 3.8) is 0 Å². The lowest BCUT2D eigenvalue weighted by Gasteiger charge is -2.24. The number of hydrogen-bond donors (Lipinski definition) is 1. The Hall–Kier alpha value is -0.170. The molecule has 0 aliphatic heterocycles. The van der Waals surface area contributed by atoms with Crippen molar-refractivity contribution < 1.29 is 9.47 Å². The molecule has 1 aromatic rings. The summed E-state index contributed by atoms with van der Waals surface area (Å²) in [6.45, 7) is 2.55. The molecule has 1 aromatic carbocycles. The van der Waals surface area contributed by atoms with E-state index in [2.05, 4.69) is 40.0 Å². The van der Waals surface area contributed by atoms with Crippen LogP contribution in [0.15, 0.2) is 24.3 Å². The Kier molecular flexibility index (Phi) is 6.26. The van der Waals surface area contributed by atoms with Crippen molar-refractivity contribution in [1.29, 1.82) is 0 Å². The van der Waals surface area contributed by atoms with E-state index in [1.165, 1.54) is 9.13 Å². The van der Waals surface area contributed by atoms with Gasteiger partial charge in [0.15, 0.2) is 0 Å². The third-order valence-electron chi connectivity index (χ3n) is 2.38. The van der Waals surface area contributed by atoms with Crippen LogP contribution in [0.25, 0.3) is 0 Å². The Morgan fingerprint density at radius 2 is 2.06 bits per heavy atom. The van der Waals surface area contributed by atoms with Crippen LogP contribution in [0.2, 0.25) is 0 Å². The quantitative estimate of drug-likeness (QED) is 0.640. The maximum absolute atomic E-state index is 5.61. The lowest BCUT2D eigenvalue weighted by molar-refractivity contribution is -0.0531. The summed E-state index contributed by atoms with van der Waals surface area (Å²) in [6.07, 6.45) is -0.00480. The SMILES string of the molecule is CNCO[C@@H](C)[C@@H](OC)c1ccccc1I. The summed E-state index contributed by atoms with van der Waals surface area (Å²) in [5.41, 5.74) is 1.18. The number of halogens is 1. The molecular formula is C12H18INO2. The fraction of sp³-hybridized carbons (Fsp3) is 0.500. The topological polar surface area (TPSA) is 30.5 Å². The van der Waals surface area contributed by atoms with Gasteiger partial charge in [0.05, 0.1) is 12.8 Å². The average Bonchev–Trinajstić information content (AvgIpc) is 2.30. The fourth-order valence-electron chi connectivity index (χ4n) is 1.58. The van der Waals surface area contributed by atoms with Crippen LogP contribution in [0.4, 0.5) is 0 Å². The molecule has 0 saturated carbocycles. The molecule has 4 heteroatoms. The lowest BCUT2D eigenvalue weighted by Crippen LogP contribution is -2.25. The summed E-state index contributed by atoms with van der Waals surface area (Å²) in [7, 11) is 3.58. The number of hydrogen-bond acceptors (Lipinski definition) is 3. The van der Waals surface area contributed by atoms with E-state index in [0.717, 1.165) is 0 Å². The van der Waals surface area contributed by atoms with E-state index in [4.69, 9.17) is 9.47 Å². The summed E-state index contributed by atoms with van der Waals surface area (Å²) in [4.78, 5) is 0. The van der Waals surface area contributed by atoms with Gasteiger partial charge >= 0.3 is 0 Å². The number of rotatable bonds is 6. The van der Waals surface area contributed by atoms with Crippen molar-refractivity contribution in [2.75, 3.05) is 20.9 Å². The van der Waals surface area contributed by atoms with Crippen LogP contribution >= 0.6 is 22.6 Å². The minimum atomic E-state index is -0.0264. The largest absolute Gasteiger partial charge is 0.374 e. The first-order valence-electron chi connectivity index (χ1n) is 5.24. The van der Waals surface area contributed by atoms with Gasteiger partial charge in [-0.15, -0.1) is 0 Å². The van der Waals surface area contributed by atoms with Gasteiger partial charge in [0.1, 0.15) is 6.10 Å². The van der Waals surface area contributed by atoms with Crippen LogP contribution in [0, 0.1) is 3.57 Å². The van der Waals surface area contributed by atoms with E-state index in [1.54, 1.807) is 7.11 Å². The van der Waals surface area contributed by atoms with Crippen LogP contribution in [0.3, 0.4) is 0 Å². The predicted molar refractivity (Wildman–Crippen MR) is 73.4 cm³/mol. The van der Waals surface area contributed by atoms with Gasteiger partial charge in [-0.05, 0) is 48.2 Å². The maximum atomic E-state index is 5.61. The van der Waals surface area contributed by atoms with Gasteiger partial charge in [0.2, 0.25) is 0 Å². The number of benzene rings is 1. The van der Waals surface area contributed by atoms with E-state index in [0.29, 0.717) is 6.73 Å². The Morgan fingerprint density at radius 1 is 1.38 bits per heavy atom. The van der Waals surface area contributed by atoms with Gasteiger partial charge in [-0.2, -0.15) is 0 Å². The summed E-state index contributed by atoms with van der Waals surface area (Å²) in [6, 6.07) is 8.20. The predicted octanol–water partition coefficient (Wildman–Crippen LogP) is 2.56. The van der Waals surface area contributed by atoms with Crippen molar-refractivity contribution in [3.05, 3.63) is 33.4 Å². The summed E-state index contributed by atoms with van der Waals surface area (Å²) in [5, 5.41) is 2.96. The first-order valence-corrected chi connectivity index (χ1v) is 6.32. The monoisotopic (exact) mass is 335 g/mol. The normalized spacial score (nSPS) is 14.8. The third-order valence-corrected chi connectivity index (χ3v) is 3.36. The molecule has 2 atom stereocenters. The van der Waals surface area contributed by atoms with Gasteiger partial charge in [-0.25, -0.2) is 0 Å². The molecule has 0 aromatic heterocycles. The third kappa shape index (κ3) is 3.69. The molecule has 0 spiro atoms. The van der Waals surface area contributed by atoms with E-state index in [9.17, 15) is 0 Å². The molecule has 90 valence electrons. The van der Waals surface area contributed by atoms with Crippen molar-refractivity contribution in [1.82, 2.24) is 5.32 Å². The fourth-order valence-corrected chi connectivity index (χ4v) is 2.27. The van der Waals surface area contributed by atoms with Crippen LogP contribution < -0.4 is 5.32 Å². The molecule has 0 unspecified atom stereocenters. The minimum Gasteiger partial charge on any atom is -0.374 e. The molecule has 0 bridgehead atoms. The number of ether oxygens (including phenoxy) is 2. The Labute approximate surface area is 111 Å². The first kappa shape index (κ1) is 13.9. The second-order valence-corrected chi connectivity index (χ2v) is 4.71. The van der Waals surface area contributed by atoms with Gasteiger partial charge in [-0.1, -0.05) is 18.2 Å². The van der Waals surface area contributed by atoms with Crippen LogP contribution in [0.1, 0.15) is 18.6 Å². The van der Waals surface area contributed by atoms with E-state index >= 15 is 0 Å². The maximum Gasteiger partial charge on any atom is 0.109 e. The molecule has 3 nitrogen and oxygen atoms in total. The van der Waals surface area contributed by atoms with E-state index in [-0.39, 0.29) is 12.2 Å². The average molecular weight is 335 g/mol. The van der Waals surface area contributed by atoms with Crippen molar-refractivity contribution in [2.24, 2.45) is 0 Å². The summed E-state index contributed by atoms with van der Waals surface area (Å²) in [5.74, 6) is 0. The van der Waals surface area contributed by atoms with Crippen molar-refractivity contribution >= 4 is 22.6 Å². The zero-order chi connectivity index (χ0) is 12.0. The van der Waals surface area contributed by atoms with E-state index in [1.807, 2.05) is 26.1 Å². The summed E-state index contributed by atoms with van der Waals surface area (Å²) >= 11 is 2.32. The smallest absolute Gasteiger partial charge is 0.109 e. The second-order valence-electron chi connectivity index (χ2n) is 3.55. The molecule has 1 N–H and O–H groups in total.